The maximum absolute atomic E-state index is 12.8. The molecule has 162 valence electrons. The van der Waals surface area contributed by atoms with Crippen molar-refractivity contribution in [1.29, 1.82) is 0 Å². The van der Waals surface area contributed by atoms with Gasteiger partial charge in [-0.25, -0.2) is 0 Å². The Balaban J connectivity index is 1.56. The molecule has 1 aliphatic carbocycles. The summed E-state index contributed by atoms with van der Waals surface area (Å²) in [6, 6.07) is 6.97. The fourth-order valence-electron chi connectivity index (χ4n) is 4.25. The van der Waals surface area contributed by atoms with Crippen molar-refractivity contribution in [1.82, 2.24) is 15.8 Å². The van der Waals surface area contributed by atoms with Crippen LogP contribution in [-0.4, -0.2) is 48.8 Å². The van der Waals surface area contributed by atoms with Crippen LogP contribution in [0.1, 0.15) is 26.7 Å². The van der Waals surface area contributed by atoms with Crippen molar-refractivity contribution >= 4 is 23.6 Å². The Morgan fingerprint density at radius 1 is 1.07 bits per heavy atom. The zero-order valence-electron chi connectivity index (χ0n) is 17.3. The second-order valence-corrected chi connectivity index (χ2v) is 7.65. The summed E-state index contributed by atoms with van der Waals surface area (Å²) >= 11 is 0. The van der Waals surface area contributed by atoms with Crippen LogP contribution >= 0.6 is 0 Å². The Hall–Kier alpha value is -3.10. The highest BCUT2D eigenvalue weighted by Crippen LogP contribution is 2.44. The summed E-state index contributed by atoms with van der Waals surface area (Å²) in [7, 11) is 1.45. The van der Waals surface area contributed by atoms with Gasteiger partial charge in [0.05, 0.1) is 24.4 Å². The number of amides is 4. The van der Waals surface area contributed by atoms with Crippen molar-refractivity contribution in [2.45, 2.75) is 26.7 Å². The normalized spacial score (nSPS) is 25.5. The third-order valence-corrected chi connectivity index (χ3v) is 5.77. The van der Waals surface area contributed by atoms with Crippen LogP contribution in [0.25, 0.3) is 0 Å². The van der Waals surface area contributed by atoms with Crippen LogP contribution in [0.2, 0.25) is 0 Å². The fourth-order valence-corrected chi connectivity index (χ4v) is 4.25. The molecule has 2 aliphatic rings. The number of fused-ring (bicyclic) bond motifs is 1. The number of carbonyl (C=O) groups is 4. The Kier molecular flexibility index (Phi) is 6.59. The lowest BCUT2D eigenvalue weighted by atomic mass is 9.68. The van der Waals surface area contributed by atoms with Crippen molar-refractivity contribution < 1.29 is 28.7 Å². The number of nitrogens with one attached hydrogen (secondary N) is 2. The number of benzene rings is 1. The van der Waals surface area contributed by atoms with Gasteiger partial charge in [0.25, 0.3) is 5.91 Å². The summed E-state index contributed by atoms with van der Waals surface area (Å²) in [4.78, 5) is 50.8. The molecule has 1 heterocycles. The maximum atomic E-state index is 12.8. The first-order chi connectivity index (χ1) is 14.3. The Bertz CT molecular complexity index is 842. The molecule has 1 aliphatic heterocycles. The van der Waals surface area contributed by atoms with Gasteiger partial charge in [-0.05, 0) is 37.8 Å². The lowest BCUT2D eigenvalue weighted by molar-refractivity contribution is -0.142. The van der Waals surface area contributed by atoms with E-state index in [1.165, 1.54) is 7.05 Å². The van der Waals surface area contributed by atoms with Gasteiger partial charge in [-0.15, -0.1) is 0 Å². The third kappa shape index (κ3) is 4.24. The first kappa shape index (κ1) is 21.6. The second-order valence-electron chi connectivity index (χ2n) is 7.65. The lowest BCUT2D eigenvalue weighted by Gasteiger charge is -2.34. The largest absolute Gasteiger partial charge is 0.490 e. The number of ether oxygens (including phenoxy) is 2. The predicted molar refractivity (Wildman–Crippen MR) is 106 cm³/mol. The first-order valence-corrected chi connectivity index (χ1v) is 10.1. The van der Waals surface area contributed by atoms with Gasteiger partial charge >= 0.3 is 0 Å². The molecule has 4 amide bonds. The Morgan fingerprint density at radius 3 is 2.40 bits per heavy atom. The molecule has 9 nitrogen and oxygen atoms in total. The number of rotatable bonds is 6. The molecule has 1 saturated heterocycles. The van der Waals surface area contributed by atoms with E-state index in [0.717, 1.165) is 4.90 Å². The molecule has 0 radical (unpaired) electrons. The fraction of sp³-hybridized carbons (Fsp3) is 0.524. The molecular formula is C21H27N3O6. The molecule has 1 aromatic carbocycles. The number of nitrogens with zero attached hydrogens (tertiary/aromatic N) is 1. The predicted octanol–water partition coefficient (Wildman–Crippen LogP) is 0.889. The minimum Gasteiger partial charge on any atom is -0.490 e. The van der Waals surface area contributed by atoms with Crippen molar-refractivity contribution in [3.63, 3.8) is 0 Å². The van der Waals surface area contributed by atoms with Crippen molar-refractivity contribution in [3.8, 4) is 11.5 Å². The van der Waals surface area contributed by atoms with Gasteiger partial charge in [-0.3, -0.25) is 34.9 Å². The average Bonchev–Trinajstić information content (AvgIpc) is 2.95. The van der Waals surface area contributed by atoms with Crippen molar-refractivity contribution in [2.75, 3.05) is 20.3 Å². The molecule has 3 rings (SSSR count). The van der Waals surface area contributed by atoms with Crippen LogP contribution in [-0.2, 0) is 19.2 Å². The monoisotopic (exact) mass is 417 g/mol. The molecule has 1 aromatic rings. The number of imide groups is 1. The summed E-state index contributed by atoms with van der Waals surface area (Å²) in [5.41, 5.74) is 4.71. The molecule has 0 spiro atoms. The minimum atomic E-state index is -0.683. The molecule has 30 heavy (non-hydrogen) atoms. The minimum absolute atomic E-state index is 0.0827. The van der Waals surface area contributed by atoms with E-state index >= 15 is 0 Å². The maximum Gasteiger partial charge on any atom is 0.276 e. The number of likely N-dealkylation sites (tertiary alicyclic amines) is 1. The van der Waals surface area contributed by atoms with Crippen LogP contribution in [0.15, 0.2) is 24.3 Å². The van der Waals surface area contributed by atoms with Crippen LogP contribution in [0.5, 0.6) is 11.5 Å². The van der Waals surface area contributed by atoms with E-state index in [-0.39, 0.29) is 24.3 Å². The number of hydrazine groups is 1. The summed E-state index contributed by atoms with van der Waals surface area (Å²) < 4.78 is 10.9. The van der Waals surface area contributed by atoms with Gasteiger partial charge in [0.1, 0.15) is 0 Å². The van der Waals surface area contributed by atoms with Crippen LogP contribution < -0.4 is 20.3 Å². The van der Waals surface area contributed by atoms with E-state index in [2.05, 4.69) is 10.9 Å². The Labute approximate surface area is 175 Å². The van der Waals surface area contributed by atoms with Crippen molar-refractivity contribution in [2.24, 2.45) is 23.7 Å². The molecule has 2 N–H and O–H groups in total. The molecular weight excluding hydrogens is 390 g/mol. The number of carbonyl (C=O) groups excluding carboxylic acids is 4. The van der Waals surface area contributed by atoms with E-state index < -0.39 is 29.6 Å². The van der Waals surface area contributed by atoms with E-state index in [0.29, 0.717) is 30.9 Å². The SMILES string of the molecule is CCOc1ccccc1OCC(=O)NNC(=O)[C@H]1[C@@H]2C(=O)N(C)C(=O)[C@H]2CC[C@H]1C. The molecule has 0 unspecified atom stereocenters. The van der Waals surface area contributed by atoms with Crippen LogP contribution in [0.4, 0.5) is 0 Å². The number of hydrogen-bond donors (Lipinski definition) is 2. The molecule has 2 fully saturated rings. The summed E-state index contributed by atoms with van der Waals surface area (Å²) in [6.45, 7) is 3.86. The highest BCUT2D eigenvalue weighted by atomic mass is 16.5. The Morgan fingerprint density at radius 2 is 1.73 bits per heavy atom. The molecule has 9 heteroatoms. The van der Waals surface area contributed by atoms with E-state index in [9.17, 15) is 19.2 Å². The van der Waals surface area contributed by atoms with Gasteiger partial charge in [-0.2, -0.15) is 0 Å². The van der Waals surface area contributed by atoms with Gasteiger partial charge in [0, 0.05) is 7.05 Å². The smallest absolute Gasteiger partial charge is 0.276 e. The van der Waals surface area contributed by atoms with Gasteiger partial charge < -0.3 is 9.47 Å². The van der Waals surface area contributed by atoms with Crippen molar-refractivity contribution in [3.05, 3.63) is 24.3 Å². The van der Waals surface area contributed by atoms with Crippen LogP contribution in [0.3, 0.4) is 0 Å². The quantitative estimate of drug-likeness (QED) is 0.525. The molecule has 0 aromatic heterocycles. The highest BCUT2D eigenvalue weighted by Gasteiger charge is 2.55. The highest BCUT2D eigenvalue weighted by molar-refractivity contribution is 6.07. The standard InChI is InChI=1S/C21H27N3O6/c1-4-29-14-7-5-6-8-15(14)30-11-16(25)22-23-19(26)17-12(2)9-10-13-18(17)21(28)24(3)20(13)27/h5-8,12-13,17-18H,4,9-11H2,1-3H3,(H,22,25)(H,23,26)/t12-,13+,17-,18-/m1/s1. The topological polar surface area (TPSA) is 114 Å². The second kappa shape index (κ2) is 9.15. The number of para-hydroxylation sites is 2. The zero-order chi connectivity index (χ0) is 21.8. The lowest BCUT2D eigenvalue weighted by Crippen LogP contribution is -2.51. The van der Waals surface area contributed by atoms with E-state index in [1.807, 2.05) is 13.8 Å². The first-order valence-electron chi connectivity index (χ1n) is 10.1. The van der Waals surface area contributed by atoms with E-state index in [4.69, 9.17) is 9.47 Å². The van der Waals surface area contributed by atoms with E-state index in [1.54, 1.807) is 24.3 Å². The van der Waals surface area contributed by atoms with Gasteiger partial charge in [-0.1, -0.05) is 19.1 Å². The third-order valence-electron chi connectivity index (χ3n) is 5.77. The molecule has 1 saturated carbocycles. The molecule has 0 bridgehead atoms. The summed E-state index contributed by atoms with van der Waals surface area (Å²) in [5, 5.41) is 0. The number of hydrogen-bond acceptors (Lipinski definition) is 6. The van der Waals surface area contributed by atoms with Gasteiger partial charge in [0.15, 0.2) is 18.1 Å². The zero-order valence-corrected chi connectivity index (χ0v) is 17.3. The summed E-state index contributed by atoms with van der Waals surface area (Å²) in [6.07, 6.45) is 1.25. The summed E-state index contributed by atoms with van der Waals surface area (Å²) in [5.74, 6) is -2.57. The average molecular weight is 417 g/mol. The van der Waals surface area contributed by atoms with Gasteiger partial charge in [0.2, 0.25) is 17.7 Å². The van der Waals surface area contributed by atoms with Crippen LogP contribution in [0, 0.1) is 23.7 Å². The molecule has 4 atom stereocenters.